The number of likely N-dealkylation sites (tertiary alicyclic amines) is 1. The maximum Gasteiger partial charge on any atom is 0.317 e. The van der Waals surface area contributed by atoms with Crippen LogP contribution in [0.5, 0.6) is 0 Å². The summed E-state index contributed by atoms with van der Waals surface area (Å²) in [6.07, 6.45) is 15.1. The Morgan fingerprint density at radius 2 is 1.94 bits per heavy atom. The van der Waals surface area contributed by atoms with Crippen LogP contribution < -0.4 is 10.6 Å². The molecule has 1 heterocycles. The number of amides is 2. The summed E-state index contributed by atoms with van der Waals surface area (Å²) in [4.78, 5) is 15.3. The first-order valence-corrected chi connectivity index (χ1v) is 14.5. The van der Waals surface area contributed by atoms with E-state index in [1.807, 2.05) is 36.2 Å². The zero-order chi connectivity index (χ0) is 24.7. The SMILES string of the molecule is CNC[C@H](CC1CCCCC1)NC(=O)N1CCC[C@@H](C(O)(CCCC2CC2)c2cccc(Cl)c2)C1. The smallest absolute Gasteiger partial charge is 0.317 e. The number of hydrogen-bond donors (Lipinski definition) is 3. The van der Waals surface area contributed by atoms with Gasteiger partial charge in [0.2, 0.25) is 0 Å². The van der Waals surface area contributed by atoms with E-state index in [0.717, 1.165) is 62.6 Å². The first-order valence-electron chi connectivity index (χ1n) is 14.2. The molecule has 1 aromatic rings. The Kier molecular flexibility index (Phi) is 9.77. The predicted molar refractivity (Wildman–Crippen MR) is 144 cm³/mol. The van der Waals surface area contributed by atoms with Crippen LogP contribution in [0.25, 0.3) is 0 Å². The first kappa shape index (κ1) is 26.8. The summed E-state index contributed by atoms with van der Waals surface area (Å²) in [7, 11) is 1.96. The lowest BCUT2D eigenvalue weighted by Crippen LogP contribution is -2.54. The average molecular weight is 504 g/mol. The third-order valence-electron chi connectivity index (χ3n) is 8.70. The van der Waals surface area contributed by atoms with Crippen LogP contribution in [-0.4, -0.2) is 48.8 Å². The van der Waals surface area contributed by atoms with E-state index in [9.17, 15) is 9.90 Å². The number of carbonyl (C=O) groups is 1. The van der Waals surface area contributed by atoms with E-state index in [-0.39, 0.29) is 18.0 Å². The van der Waals surface area contributed by atoms with E-state index in [1.165, 1.54) is 51.4 Å². The predicted octanol–water partition coefficient (Wildman–Crippen LogP) is 6.09. The minimum Gasteiger partial charge on any atom is -0.385 e. The summed E-state index contributed by atoms with van der Waals surface area (Å²) >= 11 is 6.34. The largest absolute Gasteiger partial charge is 0.385 e. The Morgan fingerprint density at radius 1 is 1.14 bits per heavy atom. The Hall–Kier alpha value is -1.30. The molecule has 0 spiro atoms. The summed E-state index contributed by atoms with van der Waals surface area (Å²) in [6, 6.07) is 7.91. The van der Waals surface area contributed by atoms with Gasteiger partial charge >= 0.3 is 6.03 Å². The van der Waals surface area contributed by atoms with Crippen molar-refractivity contribution < 1.29 is 9.90 Å². The van der Waals surface area contributed by atoms with Gasteiger partial charge in [0, 0.05) is 36.6 Å². The molecule has 3 aliphatic rings. The van der Waals surface area contributed by atoms with Crippen LogP contribution in [0, 0.1) is 17.8 Å². The number of piperidine rings is 1. The molecular weight excluding hydrogens is 458 g/mol. The number of rotatable bonds is 11. The van der Waals surface area contributed by atoms with Gasteiger partial charge in [-0.3, -0.25) is 0 Å². The fourth-order valence-electron chi connectivity index (χ4n) is 6.49. The molecule has 5 nitrogen and oxygen atoms in total. The molecule has 2 saturated carbocycles. The van der Waals surface area contributed by atoms with Crippen LogP contribution in [0.3, 0.4) is 0 Å². The van der Waals surface area contributed by atoms with Gasteiger partial charge in [-0.05, 0) is 68.7 Å². The number of benzene rings is 1. The molecule has 4 rings (SSSR count). The van der Waals surface area contributed by atoms with Crippen LogP contribution in [0.2, 0.25) is 5.02 Å². The molecule has 196 valence electrons. The van der Waals surface area contributed by atoms with Crippen molar-refractivity contribution in [2.24, 2.45) is 17.8 Å². The van der Waals surface area contributed by atoms with Crippen molar-refractivity contribution in [2.45, 2.75) is 95.1 Å². The van der Waals surface area contributed by atoms with E-state index >= 15 is 0 Å². The highest BCUT2D eigenvalue weighted by Gasteiger charge is 2.41. The van der Waals surface area contributed by atoms with Gasteiger partial charge in [0.05, 0.1) is 5.60 Å². The average Bonchev–Trinajstić information content (AvgIpc) is 3.69. The van der Waals surface area contributed by atoms with Crippen molar-refractivity contribution >= 4 is 17.6 Å². The Morgan fingerprint density at radius 3 is 2.66 bits per heavy atom. The standard InChI is InChI=1S/C29H46ClN3O2/c1-31-20-27(18-23-8-3-2-4-9-23)32-28(34)33-17-7-12-25(21-33)29(35,16-6-10-22-14-15-22)24-11-5-13-26(30)19-24/h5,11,13,19,22-23,25,27,31,35H,2-4,6-10,12,14-18,20-21H2,1H3,(H,32,34)/t25-,27+,29?/m1/s1. The third kappa shape index (κ3) is 7.60. The fraction of sp³-hybridized carbons (Fsp3) is 0.759. The number of hydrogen-bond acceptors (Lipinski definition) is 3. The van der Waals surface area contributed by atoms with Crippen molar-refractivity contribution in [2.75, 3.05) is 26.7 Å². The summed E-state index contributed by atoms with van der Waals surface area (Å²) in [5.74, 6) is 1.58. The molecule has 1 saturated heterocycles. The molecule has 1 aliphatic heterocycles. The second-order valence-electron chi connectivity index (χ2n) is 11.5. The molecule has 35 heavy (non-hydrogen) atoms. The van der Waals surface area contributed by atoms with E-state index in [1.54, 1.807) is 0 Å². The zero-order valence-corrected chi connectivity index (χ0v) is 22.4. The van der Waals surface area contributed by atoms with Crippen LogP contribution in [-0.2, 0) is 5.60 Å². The molecule has 6 heteroatoms. The molecule has 3 fully saturated rings. The van der Waals surface area contributed by atoms with Gasteiger partial charge in [-0.25, -0.2) is 4.79 Å². The Bertz CT molecular complexity index is 811. The summed E-state index contributed by atoms with van der Waals surface area (Å²) in [5, 5.41) is 19.4. The molecule has 2 amide bonds. The van der Waals surface area contributed by atoms with Gasteiger partial charge in [0.25, 0.3) is 0 Å². The van der Waals surface area contributed by atoms with Crippen LogP contribution in [0.15, 0.2) is 24.3 Å². The van der Waals surface area contributed by atoms with Gasteiger partial charge in [-0.2, -0.15) is 0 Å². The van der Waals surface area contributed by atoms with Crippen LogP contribution in [0.4, 0.5) is 4.79 Å². The number of aliphatic hydroxyl groups is 1. The van der Waals surface area contributed by atoms with Gasteiger partial charge in [-0.15, -0.1) is 0 Å². The van der Waals surface area contributed by atoms with Crippen molar-refractivity contribution in [3.63, 3.8) is 0 Å². The van der Waals surface area contributed by atoms with Gasteiger partial charge < -0.3 is 20.6 Å². The Labute approximate surface area is 217 Å². The minimum atomic E-state index is -0.953. The molecule has 1 unspecified atom stereocenters. The van der Waals surface area contributed by atoms with Crippen molar-refractivity contribution in [3.8, 4) is 0 Å². The van der Waals surface area contributed by atoms with Gasteiger partial charge in [-0.1, -0.05) is 75.1 Å². The van der Waals surface area contributed by atoms with Crippen LogP contribution in [0.1, 0.15) is 89.0 Å². The van der Waals surface area contributed by atoms with Crippen molar-refractivity contribution in [1.29, 1.82) is 0 Å². The maximum absolute atomic E-state index is 13.4. The summed E-state index contributed by atoms with van der Waals surface area (Å²) in [5.41, 5.74) is -0.0519. The molecule has 3 N–H and O–H groups in total. The summed E-state index contributed by atoms with van der Waals surface area (Å²) in [6.45, 7) is 2.15. The fourth-order valence-corrected chi connectivity index (χ4v) is 6.68. The number of nitrogens with one attached hydrogen (secondary N) is 2. The molecule has 1 aromatic carbocycles. The quantitative estimate of drug-likeness (QED) is 0.342. The van der Waals surface area contributed by atoms with E-state index in [4.69, 9.17) is 11.6 Å². The van der Waals surface area contributed by atoms with Crippen LogP contribution >= 0.6 is 11.6 Å². The van der Waals surface area contributed by atoms with E-state index in [2.05, 4.69) is 10.6 Å². The first-order chi connectivity index (χ1) is 17.0. The number of likely N-dealkylation sites (N-methyl/N-ethyl adjacent to an activating group) is 1. The lowest BCUT2D eigenvalue weighted by Gasteiger charge is -2.43. The number of halogens is 1. The zero-order valence-electron chi connectivity index (χ0n) is 21.6. The lowest BCUT2D eigenvalue weighted by atomic mass is 9.74. The highest BCUT2D eigenvalue weighted by atomic mass is 35.5. The third-order valence-corrected chi connectivity index (χ3v) is 8.93. The Balaban J connectivity index is 1.41. The topological polar surface area (TPSA) is 64.6 Å². The van der Waals surface area contributed by atoms with Gasteiger partial charge in [0.15, 0.2) is 0 Å². The molecule has 3 atom stereocenters. The van der Waals surface area contributed by atoms with E-state index < -0.39 is 5.60 Å². The molecule has 2 aliphatic carbocycles. The molecular formula is C29H46ClN3O2. The highest BCUT2D eigenvalue weighted by Crippen LogP contribution is 2.42. The lowest BCUT2D eigenvalue weighted by molar-refractivity contribution is -0.0559. The van der Waals surface area contributed by atoms with E-state index in [0.29, 0.717) is 11.6 Å². The minimum absolute atomic E-state index is 0.0146. The second-order valence-corrected chi connectivity index (χ2v) is 11.9. The normalized spacial score (nSPS) is 24.1. The number of urea groups is 1. The maximum atomic E-state index is 13.4. The van der Waals surface area contributed by atoms with Crippen molar-refractivity contribution in [3.05, 3.63) is 34.9 Å². The van der Waals surface area contributed by atoms with Crippen molar-refractivity contribution in [1.82, 2.24) is 15.5 Å². The summed E-state index contributed by atoms with van der Waals surface area (Å²) < 4.78 is 0. The number of nitrogens with zero attached hydrogens (tertiary/aromatic N) is 1. The molecule has 0 bridgehead atoms. The second kappa shape index (κ2) is 12.8. The molecule has 0 aromatic heterocycles. The molecule has 0 radical (unpaired) electrons. The highest BCUT2D eigenvalue weighted by molar-refractivity contribution is 6.30. The number of carbonyl (C=O) groups excluding carboxylic acids is 1. The monoisotopic (exact) mass is 503 g/mol. The van der Waals surface area contributed by atoms with Gasteiger partial charge in [0.1, 0.15) is 0 Å².